The second kappa shape index (κ2) is 3.62. The third-order valence-electron chi connectivity index (χ3n) is 2.03. The maximum atomic E-state index is 9.12. The first-order valence-corrected chi connectivity index (χ1v) is 4.90. The van der Waals surface area contributed by atoms with Gasteiger partial charge in [-0.3, -0.25) is 0 Å². The highest BCUT2D eigenvalue weighted by Gasteiger charge is 2.22. The molecule has 0 aromatic heterocycles. The molecule has 0 spiro atoms. The first-order valence-electron chi connectivity index (χ1n) is 4.38. The van der Waals surface area contributed by atoms with Crippen LogP contribution in [-0.2, 0) is 0 Å². The summed E-state index contributed by atoms with van der Waals surface area (Å²) < 4.78 is 0. The Kier molecular flexibility index (Phi) is 2.91. The molecule has 0 amide bonds. The van der Waals surface area contributed by atoms with Crippen molar-refractivity contribution in [2.24, 2.45) is 5.41 Å². The zero-order valence-electron chi connectivity index (χ0n) is 8.28. The monoisotopic (exact) mass is 196 g/mol. The number of rotatable bonds is 1. The molecule has 0 heterocycles. The second-order valence-electron chi connectivity index (χ2n) is 4.36. The van der Waals surface area contributed by atoms with Crippen LogP contribution in [0.25, 0.3) is 0 Å². The molecular formula is C11H16OS. The lowest BCUT2D eigenvalue weighted by atomic mass is 9.87. The predicted octanol–water partition coefficient (Wildman–Crippen LogP) is 3.41. The van der Waals surface area contributed by atoms with E-state index in [-0.39, 0.29) is 10.7 Å². The number of thiol groups is 1. The third-order valence-corrected chi connectivity index (χ3v) is 3.10. The van der Waals surface area contributed by atoms with Crippen LogP contribution in [0.1, 0.15) is 31.6 Å². The van der Waals surface area contributed by atoms with E-state index in [1.54, 1.807) is 12.1 Å². The zero-order valence-corrected chi connectivity index (χ0v) is 9.18. The molecule has 0 radical (unpaired) electrons. The fourth-order valence-electron chi connectivity index (χ4n) is 1.16. The highest BCUT2D eigenvalue weighted by Crippen LogP contribution is 2.38. The summed E-state index contributed by atoms with van der Waals surface area (Å²) in [6, 6.07) is 7.23. The summed E-state index contributed by atoms with van der Waals surface area (Å²) in [5.74, 6) is 0.304. The third kappa shape index (κ3) is 2.66. The minimum Gasteiger partial charge on any atom is -0.508 e. The Hall–Kier alpha value is -0.630. The van der Waals surface area contributed by atoms with Crippen molar-refractivity contribution in [2.75, 3.05) is 0 Å². The Bertz CT molecular complexity index is 271. The van der Waals surface area contributed by atoms with E-state index in [4.69, 9.17) is 5.11 Å². The number of phenolic OH excluding ortho intramolecular Hbond substituents is 1. The molecule has 0 saturated heterocycles. The van der Waals surface area contributed by atoms with Gasteiger partial charge >= 0.3 is 0 Å². The van der Waals surface area contributed by atoms with Crippen LogP contribution in [-0.4, -0.2) is 5.11 Å². The van der Waals surface area contributed by atoms with Crippen LogP contribution < -0.4 is 0 Å². The highest BCUT2D eigenvalue weighted by atomic mass is 32.1. The van der Waals surface area contributed by atoms with Crippen molar-refractivity contribution >= 4 is 12.6 Å². The molecule has 1 aromatic rings. The molecule has 1 N–H and O–H groups in total. The van der Waals surface area contributed by atoms with Gasteiger partial charge in [0.2, 0.25) is 0 Å². The molecule has 1 unspecified atom stereocenters. The molecule has 1 aromatic carbocycles. The van der Waals surface area contributed by atoms with E-state index in [1.807, 2.05) is 12.1 Å². The van der Waals surface area contributed by atoms with Crippen molar-refractivity contribution in [1.82, 2.24) is 0 Å². The summed E-state index contributed by atoms with van der Waals surface area (Å²) in [5, 5.41) is 9.32. The number of hydrogen-bond donors (Lipinski definition) is 2. The number of aromatic hydroxyl groups is 1. The fraction of sp³-hybridized carbons (Fsp3) is 0.455. The molecule has 13 heavy (non-hydrogen) atoms. The van der Waals surface area contributed by atoms with Gasteiger partial charge in [0.15, 0.2) is 0 Å². The van der Waals surface area contributed by atoms with E-state index in [2.05, 4.69) is 33.4 Å². The van der Waals surface area contributed by atoms with Crippen LogP contribution >= 0.6 is 12.6 Å². The van der Waals surface area contributed by atoms with Crippen LogP contribution in [0.3, 0.4) is 0 Å². The number of hydrogen-bond acceptors (Lipinski definition) is 2. The van der Waals surface area contributed by atoms with Gasteiger partial charge in [0, 0.05) is 5.25 Å². The summed E-state index contributed by atoms with van der Waals surface area (Å²) in [5.41, 5.74) is 1.29. The Morgan fingerprint density at radius 1 is 1.15 bits per heavy atom. The molecule has 0 fully saturated rings. The minimum atomic E-state index is 0.139. The standard InChI is InChI=1S/C11H16OS/c1-11(2,3)10(13)8-4-6-9(12)7-5-8/h4-7,10,12-13H,1-3H3. The highest BCUT2D eigenvalue weighted by molar-refractivity contribution is 7.80. The van der Waals surface area contributed by atoms with E-state index in [0.29, 0.717) is 5.75 Å². The van der Waals surface area contributed by atoms with Gasteiger partial charge in [0.05, 0.1) is 0 Å². The van der Waals surface area contributed by atoms with Crippen LogP contribution in [0.2, 0.25) is 0 Å². The molecule has 0 aliphatic rings. The van der Waals surface area contributed by atoms with Crippen LogP contribution in [0.4, 0.5) is 0 Å². The number of phenols is 1. The van der Waals surface area contributed by atoms with E-state index in [9.17, 15) is 0 Å². The zero-order chi connectivity index (χ0) is 10.1. The maximum Gasteiger partial charge on any atom is 0.115 e. The Balaban J connectivity index is 2.90. The Labute approximate surface area is 85.2 Å². The average molecular weight is 196 g/mol. The van der Waals surface area contributed by atoms with E-state index in [0.717, 1.165) is 5.56 Å². The molecule has 2 heteroatoms. The average Bonchev–Trinajstić information content (AvgIpc) is 2.03. The van der Waals surface area contributed by atoms with Gasteiger partial charge in [-0.25, -0.2) is 0 Å². The van der Waals surface area contributed by atoms with E-state index >= 15 is 0 Å². The lowest BCUT2D eigenvalue weighted by Crippen LogP contribution is -2.13. The Morgan fingerprint density at radius 3 is 2.00 bits per heavy atom. The van der Waals surface area contributed by atoms with Crippen molar-refractivity contribution in [3.63, 3.8) is 0 Å². The van der Waals surface area contributed by atoms with Gasteiger partial charge in [0.25, 0.3) is 0 Å². The lowest BCUT2D eigenvalue weighted by Gasteiger charge is -2.26. The van der Waals surface area contributed by atoms with Crippen LogP contribution in [0, 0.1) is 5.41 Å². The summed E-state index contributed by atoms with van der Waals surface area (Å²) in [4.78, 5) is 0. The lowest BCUT2D eigenvalue weighted by molar-refractivity contribution is 0.403. The molecular weight excluding hydrogens is 180 g/mol. The molecule has 1 nitrogen and oxygen atoms in total. The molecule has 1 atom stereocenters. The van der Waals surface area contributed by atoms with Gasteiger partial charge < -0.3 is 5.11 Å². The summed E-state index contributed by atoms with van der Waals surface area (Å²) in [6.07, 6.45) is 0. The normalized spacial score (nSPS) is 14.2. The van der Waals surface area contributed by atoms with Crippen molar-refractivity contribution in [3.8, 4) is 5.75 Å². The van der Waals surface area contributed by atoms with Gasteiger partial charge in [-0.15, -0.1) is 0 Å². The smallest absolute Gasteiger partial charge is 0.115 e. The molecule has 0 aliphatic carbocycles. The number of benzene rings is 1. The van der Waals surface area contributed by atoms with Gasteiger partial charge in [-0.2, -0.15) is 12.6 Å². The molecule has 0 bridgehead atoms. The van der Waals surface area contributed by atoms with Crippen molar-refractivity contribution in [1.29, 1.82) is 0 Å². The van der Waals surface area contributed by atoms with Crippen LogP contribution in [0.15, 0.2) is 24.3 Å². The first-order chi connectivity index (χ1) is 5.91. The topological polar surface area (TPSA) is 20.2 Å². The van der Waals surface area contributed by atoms with Gasteiger partial charge in [-0.05, 0) is 23.1 Å². The maximum absolute atomic E-state index is 9.12. The molecule has 1 rings (SSSR count). The quantitative estimate of drug-likeness (QED) is 0.659. The Morgan fingerprint density at radius 2 is 1.62 bits per heavy atom. The molecule has 0 saturated carbocycles. The SMILES string of the molecule is CC(C)(C)C(S)c1ccc(O)cc1. The summed E-state index contributed by atoms with van der Waals surface area (Å²) >= 11 is 4.55. The van der Waals surface area contributed by atoms with Gasteiger partial charge in [-0.1, -0.05) is 32.9 Å². The fourth-order valence-corrected chi connectivity index (χ4v) is 1.33. The van der Waals surface area contributed by atoms with E-state index in [1.165, 1.54) is 0 Å². The minimum absolute atomic E-state index is 0.139. The van der Waals surface area contributed by atoms with Gasteiger partial charge in [0.1, 0.15) is 5.75 Å². The largest absolute Gasteiger partial charge is 0.508 e. The molecule has 0 aliphatic heterocycles. The van der Waals surface area contributed by atoms with Crippen molar-refractivity contribution < 1.29 is 5.11 Å². The van der Waals surface area contributed by atoms with E-state index < -0.39 is 0 Å². The summed E-state index contributed by atoms with van der Waals surface area (Å²) in [6.45, 7) is 6.45. The first kappa shape index (κ1) is 10.5. The van der Waals surface area contributed by atoms with Crippen molar-refractivity contribution in [2.45, 2.75) is 26.0 Å². The summed E-state index contributed by atoms with van der Waals surface area (Å²) in [7, 11) is 0. The molecule has 72 valence electrons. The van der Waals surface area contributed by atoms with Crippen molar-refractivity contribution in [3.05, 3.63) is 29.8 Å². The predicted molar refractivity (Wildman–Crippen MR) is 59.3 cm³/mol. The van der Waals surface area contributed by atoms with Crippen LogP contribution in [0.5, 0.6) is 5.75 Å². The second-order valence-corrected chi connectivity index (χ2v) is 4.88.